The van der Waals surface area contributed by atoms with Crippen LogP contribution in [0.4, 0.5) is 0 Å². The summed E-state index contributed by atoms with van der Waals surface area (Å²) in [6, 6.07) is 62.9. The van der Waals surface area contributed by atoms with Crippen molar-refractivity contribution in [1.29, 1.82) is 0 Å². The molecule has 352 valence electrons. The van der Waals surface area contributed by atoms with E-state index in [9.17, 15) is 16.8 Å². The van der Waals surface area contributed by atoms with Crippen LogP contribution in [0.2, 0.25) is 0 Å². The second-order valence-corrected chi connectivity index (χ2v) is 22.3. The van der Waals surface area contributed by atoms with E-state index in [2.05, 4.69) is 74.5 Å². The quantitative estimate of drug-likeness (QED) is 0.112. The predicted octanol–water partition coefficient (Wildman–Crippen LogP) is 14.4. The highest BCUT2D eigenvalue weighted by Gasteiger charge is 2.45. The van der Waals surface area contributed by atoms with Crippen molar-refractivity contribution in [3.05, 3.63) is 256 Å². The first-order chi connectivity index (χ1) is 34.3. The Morgan fingerprint density at radius 1 is 0.366 bits per heavy atom. The molecule has 0 fully saturated rings. The highest BCUT2D eigenvalue weighted by atomic mass is 32.2. The molecule has 0 heterocycles. The molecular formula is C61H48O8S2. The van der Waals surface area contributed by atoms with Gasteiger partial charge in [0.05, 0.1) is 26.7 Å². The lowest BCUT2D eigenvalue weighted by atomic mass is 9.60. The Balaban J connectivity index is 0.843. The summed E-state index contributed by atoms with van der Waals surface area (Å²) < 4.78 is 79.8. The summed E-state index contributed by atoms with van der Waals surface area (Å²) in [5, 5.41) is 0. The predicted molar refractivity (Wildman–Crippen MR) is 274 cm³/mol. The van der Waals surface area contributed by atoms with Crippen LogP contribution in [0.1, 0.15) is 75.8 Å². The van der Waals surface area contributed by atoms with E-state index in [1.165, 1.54) is 22.3 Å². The molecule has 0 spiro atoms. The topological polar surface area (TPSA) is 105 Å². The van der Waals surface area contributed by atoms with Crippen LogP contribution in [0.15, 0.2) is 226 Å². The fraction of sp³-hybridized carbons (Fsp3) is 0.115. The van der Waals surface area contributed by atoms with E-state index in [0.29, 0.717) is 34.5 Å². The summed E-state index contributed by atoms with van der Waals surface area (Å²) in [6.07, 6.45) is 0. The fourth-order valence-electron chi connectivity index (χ4n) is 9.95. The van der Waals surface area contributed by atoms with E-state index in [4.69, 9.17) is 18.9 Å². The fourth-order valence-corrected chi connectivity index (χ4v) is 12.5. The molecule has 8 nitrogen and oxygen atoms in total. The van der Waals surface area contributed by atoms with Crippen molar-refractivity contribution in [2.75, 3.05) is 7.11 Å². The molecule has 0 atom stereocenters. The van der Waals surface area contributed by atoms with Crippen molar-refractivity contribution in [2.24, 2.45) is 0 Å². The molecule has 0 saturated carbocycles. The number of rotatable bonds is 13. The molecule has 9 aromatic rings. The number of hydrogen-bond acceptors (Lipinski definition) is 8. The van der Waals surface area contributed by atoms with Crippen molar-refractivity contribution >= 4 is 19.7 Å². The van der Waals surface area contributed by atoms with E-state index >= 15 is 0 Å². The van der Waals surface area contributed by atoms with Crippen LogP contribution in [0, 0.1) is 6.92 Å². The van der Waals surface area contributed by atoms with Crippen molar-refractivity contribution < 1.29 is 35.8 Å². The van der Waals surface area contributed by atoms with Gasteiger partial charge in [0.15, 0.2) is 0 Å². The average Bonchev–Trinajstić information content (AvgIpc) is 3.40. The maximum absolute atomic E-state index is 14.0. The lowest BCUT2D eigenvalue weighted by molar-refractivity contribution is 0.414. The van der Waals surface area contributed by atoms with E-state index in [1.54, 1.807) is 104 Å². The Hall–Kier alpha value is -7.92. The third-order valence-electron chi connectivity index (χ3n) is 13.8. The lowest BCUT2D eigenvalue weighted by Crippen LogP contribution is -2.28. The van der Waals surface area contributed by atoms with Gasteiger partial charge in [-0.2, -0.15) is 0 Å². The number of ether oxygens (including phenoxy) is 4. The van der Waals surface area contributed by atoms with Crippen LogP contribution in [0.3, 0.4) is 0 Å². The zero-order chi connectivity index (χ0) is 49.1. The Kier molecular flexibility index (Phi) is 11.4. The molecule has 0 radical (unpaired) electrons. The van der Waals surface area contributed by atoms with E-state index in [1.807, 2.05) is 55.5 Å². The van der Waals surface area contributed by atoms with Gasteiger partial charge in [-0.3, -0.25) is 0 Å². The van der Waals surface area contributed by atoms with Crippen LogP contribution < -0.4 is 18.9 Å². The Bertz CT molecular complexity index is 3630. The molecule has 0 saturated heterocycles. The second kappa shape index (κ2) is 17.8. The molecule has 0 amide bonds. The van der Waals surface area contributed by atoms with Gasteiger partial charge in [-0.15, -0.1) is 0 Å². The van der Waals surface area contributed by atoms with Crippen LogP contribution in [0.5, 0.6) is 40.2 Å². The van der Waals surface area contributed by atoms with Gasteiger partial charge >= 0.3 is 0 Å². The maximum Gasteiger partial charge on any atom is 0.206 e. The van der Waals surface area contributed by atoms with Crippen LogP contribution >= 0.6 is 0 Å². The first-order valence-electron chi connectivity index (χ1n) is 23.3. The minimum Gasteiger partial charge on any atom is -0.497 e. The van der Waals surface area contributed by atoms with Gasteiger partial charge in [0.2, 0.25) is 19.7 Å². The standard InChI is InChI=1S/C61H48O8S2/c1-39-13-29-47(30-14-39)70(62,63)49-33-25-45(26-34-49)68-55-37-38-56(60-58-53-11-7-5-9-51(53)57(59(55)60)52-10-6-8-12-54(52)58)69-46-27-35-50(36-28-46)71(64,65)48-31-23-44(24-32-48)67-43-21-17-41(18-22-43)61(2,3)40-15-19-42(66-4)20-16-40/h5-38,57-58H,1-4H3. The summed E-state index contributed by atoms with van der Waals surface area (Å²) in [4.78, 5) is 0.661. The van der Waals surface area contributed by atoms with Crippen LogP contribution in [-0.2, 0) is 25.1 Å². The van der Waals surface area contributed by atoms with Crippen molar-refractivity contribution in [2.45, 2.75) is 57.6 Å². The monoisotopic (exact) mass is 972 g/mol. The zero-order valence-electron chi connectivity index (χ0n) is 39.4. The van der Waals surface area contributed by atoms with Gasteiger partial charge in [-0.05, 0) is 162 Å². The molecular weight excluding hydrogens is 925 g/mol. The molecule has 0 aliphatic heterocycles. The van der Waals surface area contributed by atoms with E-state index in [0.717, 1.165) is 33.6 Å². The highest BCUT2D eigenvalue weighted by Crippen LogP contribution is 2.60. The molecule has 71 heavy (non-hydrogen) atoms. The molecule has 3 aliphatic rings. The minimum absolute atomic E-state index is 0.124. The van der Waals surface area contributed by atoms with Crippen molar-refractivity contribution in [3.8, 4) is 40.2 Å². The highest BCUT2D eigenvalue weighted by molar-refractivity contribution is 7.91. The summed E-state index contributed by atoms with van der Waals surface area (Å²) in [5.41, 5.74) is 9.63. The van der Waals surface area contributed by atoms with Gasteiger partial charge < -0.3 is 18.9 Å². The van der Waals surface area contributed by atoms with Gasteiger partial charge in [-0.1, -0.05) is 104 Å². The normalized spacial score (nSPS) is 14.7. The van der Waals surface area contributed by atoms with Crippen molar-refractivity contribution in [1.82, 2.24) is 0 Å². The van der Waals surface area contributed by atoms with E-state index < -0.39 is 19.7 Å². The summed E-state index contributed by atoms with van der Waals surface area (Å²) in [7, 11) is -5.96. The zero-order valence-corrected chi connectivity index (χ0v) is 41.0. The first-order valence-corrected chi connectivity index (χ1v) is 26.3. The molecule has 0 unspecified atom stereocenters. The first kappa shape index (κ1) is 45.5. The number of methoxy groups -OCH3 is 1. The average molecular weight is 973 g/mol. The minimum atomic E-state index is -3.89. The van der Waals surface area contributed by atoms with E-state index in [-0.39, 0.29) is 36.8 Å². The number of sulfone groups is 2. The second-order valence-electron chi connectivity index (χ2n) is 18.4. The van der Waals surface area contributed by atoms with Crippen molar-refractivity contribution in [3.63, 3.8) is 0 Å². The molecule has 0 aromatic heterocycles. The third kappa shape index (κ3) is 8.22. The maximum atomic E-state index is 14.0. The largest absolute Gasteiger partial charge is 0.497 e. The number of aryl methyl sites for hydroxylation is 1. The Morgan fingerprint density at radius 2 is 0.662 bits per heavy atom. The summed E-state index contributed by atoms with van der Waals surface area (Å²) in [6.45, 7) is 6.26. The summed E-state index contributed by atoms with van der Waals surface area (Å²) >= 11 is 0. The molecule has 0 N–H and O–H groups in total. The smallest absolute Gasteiger partial charge is 0.206 e. The van der Waals surface area contributed by atoms with Gasteiger partial charge in [0, 0.05) is 28.4 Å². The molecule has 2 bridgehead atoms. The number of hydrogen-bond donors (Lipinski definition) is 0. The van der Waals surface area contributed by atoms with Gasteiger partial charge in [0.25, 0.3) is 0 Å². The van der Waals surface area contributed by atoms with Crippen LogP contribution in [0.25, 0.3) is 0 Å². The molecule has 9 aromatic carbocycles. The van der Waals surface area contributed by atoms with Gasteiger partial charge in [0.1, 0.15) is 40.2 Å². The Labute approximate surface area is 414 Å². The molecule has 10 heteroatoms. The SMILES string of the molecule is COc1ccc(C(C)(C)c2ccc(Oc3ccc(S(=O)(=O)c4ccc(Oc5ccc(Oc6ccc(S(=O)(=O)c7ccc(C)cc7)cc6)c6c5C5c7ccccc7C6c6ccccc65)cc4)cc3)cc2)cc1. The number of benzene rings is 9. The molecule has 12 rings (SSSR count). The summed E-state index contributed by atoms with van der Waals surface area (Å²) in [5.74, 6) is 3.81. The lowest BCUT2D eigenvalue weighted by Gasteiger charge is -2.43. The molecule has 3 aliphatic carbocycles. The Morgan fingerprint density at radius 3 is 1.00 bits per heavy atom. The third-order valence-corrected chi connectivity index (χ3v) is 17.4. The van der Waals surface area contributed by atoms with Crippen LogP contribution in [-0.4, -0.2) is 23.9 Å². The van der Waals surface area contributed by atoms with Gasteiger partial charge in [-0.25, -0.2) is 16.8 Å².